The zero-order valence-electron chi connectivity index (χ0n) is 18.5. The first kappa shape index (κ1) is 26.6. The summed E-state index contributed by atoms with van der Waals surface area (Å²) in [5.41, 5.74) is 0. The summed E-state index contributed by atoms with van der Waals surface area (Å²) in [5, 5.41) is 9.44. The van der Waals surface area contributed by atoms with Crippen LogP contribution in [0.1, 0.15) is 148 Å². The summed E-state index contributed by atoms with van der Waals surface area (Å²) in [6.45, 7) is 2.29. The van der Waals surface area contributed by atoms with Crippen LogP contribution in [-0.2, 0) is 4.79 Å². The highest BCUT2D eigenvalue weighted by Crippen LogP contribution is 2.15. The SMILES string of the molecule is CCCCCCCCCCCCCCCCCCCCCCC(O)C[C]=O. The van der Waals surface area contributed by atoms with Gasteiger partial charge in [-0.2, -0.15) is 0 Å². The van der Waals surface area contributed by atoms with Crippen LogP contribution in [0.4, 0.5) is 0 Å². The van der Waals surface area contributed by atoms with Crippen LogP contribution in [0.2, 0.25) is 0 Å². The minimum atomic E-state index is -0.460. The number of unbranched alkanes of at least 4 members (excludes halogenated alkanes) is 19. The lowest BCUT2D eigenvalue weighted by Gasteiger charge is -2.06. The minimum Gasteiger partial charge on any atom is -0.393 e. The third-order valence-electron chi connectivity index (χ3n) is 5.71. The summed E-state index contributed by atoms with van der Waals surface area (Å²) in [6.07, 6.45) is 30.0. The summed E-state index contributed by atoms with van der Waals surface area (Å²) in [6, 6.07) is 0. The maximum atomic E-state index is 10.1. The molecule has 0 bridgehead atoms. The third-order valence-corrected chi connectivity index (χ3v) is 5.71. The molecule has 1 N–H and O–H groups in total. The van der Waals surface area contributed by atoms with E-state index in [9.17, 15) is 9.90 Å². The van der Waals surface area contributed by atoms with E-state index in [1.165, 1.54) is 122 Å². The van der Waals surface area contributed by atoms with E-state index in [-0.39, 0.29) is 6.42 Å². The van der Waals surface area contributed by atoms with Crippen LogP contribution in [0.15, 0.2) is 0 Å². The lowest BCUT2D eigenvalue weighted by molar-refractivity contribution is 0.167. The molecule has 1 radical (unpaired) electrons. The van der Waals surface area contributed by atoms with Gasteiger partial charge in [0.15, 0.2) is 0 Å². The van der Waals surface area contributed by atoms with Gasteiger partial charge in [-0.05, 0) is 6.42 Å². The molecule has 0 aromatic rings. The van der Waals surface area contributed by atoms with Crippen molar-refractivity contribution >= 4 is 6.29 Å². The second-order valence-electron chi connectivity index (χ2n) is 8.51. The predicted octanol–water partition coefficient (Wildman–Crippen LogP) is 8.06. The fraction of sp³-hybridized carbons (Fsp3) is 0.960. The Hall–Kier alpha value is -0.370. The van der Waals surface area contributed by atoms with Crippen molar-refractivity contribution in [2.24, 2.45) is 0 Å². The number of rotatable bonds is 23. The summed E-state index contributed by atoms with van der Waals surface area (Å²) >= 11 is 0. The fourth-order valence-electron chi connectivity index (χ4n) is 3.83. The number of aliphatic hydroxyl groups is 1. The maximum Gasteiger partial charge on any atom is 0.201 e. The van der Waals surface area contributed by atoms with Crippen molar-refractivity contribution in [1.82, 2.24) is 0 Å². The predicted molar refractivity (Wildman–Crippen MR) is 119 cm³/mol. The molecule has 2 heteroatoms. The molecule has 27 heavy (non-hydrogen) atoms. The highest BCUT2D eigenvalue weighted by atomic mass is 16.3. The van der Waals surface area contributed by atoms with Gasteiger partial charge in [0.25, 0.3) is 0 Å². The van der Waals surface area contributed by atoms with Crippen LogP contribution < -0.4 is 0 Å². The molecule has 0 aliphatic carbocycles. The molecule has 0 aromatic heterocycles. The molecule has 0 aromatic carbocycles. The van der Waals surface area contributed by atoms with E-state index in [2.05, 4.69) is 6.92 Å². The Morgan fingerprint density at radius 1 is 0.556 bits per heavy atom. The first-order valence-corrected chi connectivity index (χ1v) is 12.3. The first-order valence-electron chi connectivity index (χ1n) is 12.3. The molecule has 161 valence electrons. The van der Waals surface area contributed by atoms with Crippen LogP contribution in [0, 0.1) is 0 Å². The maximum absolute atomic E-state index is 10.1. The van der Waals surface area contributed by atoms with E-state index in [1.807, 2.05) is 0 Å². The number of aliphatic hydroxyl groups excluding tert-OH is 1. The Bertz CT molecular complexity index is 277. The second-order valence-corrected chi connectivity index (χ2v) is 8.51. The van der Waals surface area contributed by atoms with Crippen LogP contribution in [0.5, 0.6) is 0 Å². The minimum absolute atomic E-state index is 0.180. The van der Waals surface area contributed by atoms with Crippen molar-refractivity contribution in [2.75, 3.05) is 0 Å². The summed E-state index contributed by atoms with van der Waals surface area (Å²) in [5.74, 6) is 0. The molecule has 0 amide bonds. The number of hydrogen-bond acceptors (Lipinski definition) is 2. The van der Waals surface area contributed by atoms with E-state index in [0.717, 1.165) is 12.8 Å². The molecular weight excluding hydrogens is 332 g/mol. The Morgan fingerprint density at radius 3 is 1.15 bits per heavy atom. The van der Waals surface area contributed by atoms with Gasteiger partial charge in [0.2, 0.25) is 6.29 Å². The van der Waals surface area contributed by atoms with Crippen LogP contribution in [0.3, 0.4) is 0 Å². The van der Waals surface area contributed by atoms with Crippen LogP contribution in [0.25, 0.3) is 0 Å². The third kappa shape index (κ3) is 23.6. The van der Waals surface area contributed by atoms with Gasteiger partial charge in [-0.15, -0.1) is 0 Å². The monoisotopic (exact) mass is 381 g/mol. The van der Waals surface area contributed by atoms with E-state index in [1.54, 1.807) is 6.29 Å². The molecule has 0 spiro atoms. The van der Waals surface area contributed by atoms with Gasteiger partial charge in [0, 0.05) is 6.42 Å². The molecule has 1 atom stereocenters. The van der Waals surface area contributed by atoms with Crippen molar-refractivity contribution in [3.8, 4) is 0 Å². The van der Waals surface area contributed by atoms with Crippen molar-refractivity contribution < 1.29 is 9.90 Å². The molecule has 2 nitrogen and oxygen atoms in total. The van der Waals surface area contributed by atoms with E-state index < -0.39 is 6.10 Å². The zero-order chi connectivity index (χ0) is 19.8. The Labute approximate surface area is 170 Å². The average Bonchev–Trinajstić information content (AvgIpc) is 2.66. The van der Waals surface area contributed by atoms with Gasteiger partial charge in [-0.3, -0.25) is 4.79 Å². The van der Waals surface area contributed by atoms with E-state index >= 15 is 0 Å². The normalized spacial score (nSPS) is 12.4. The van der Waals surface area contributed by atoms with Crippen LogP contribution >= 0.6 is 0 Å². The Balaban J connectivity index is 3.02. The molecule has 0 saturated heterocycles. The lowest BCUT2D eigenvalue weighted by Crippen LogP contribution is -2.06. The van der Waals surface area contributed by atoms with Crippen LogP contribution in [-0.4, -0.2) is 17.5 Å². The van der Waals surface area contributed by atoms with Crippen molar-refractivity contribution in [3.63, 3.8) is 0 Å². The summed E-state index contributed by atoms with van der Waals surface area (Å²) < 4.78 is 0. The number of hydrogen-bond donors (Lipinski definition) is 1. The van der Waals surface area contributed by atoms with E-state index in [4.69, 9.17) is 0 Å². The fourth-order valence-corrected chi connectivity index (χ4v) is 3.83. The largest absolute Gasteiger partial charge is 0.393 e. The van der Waals surface area contributed by atoms with E-state index in [0.29, 0.717) is 0 Å². The zero-order valence-corrected chi connectivity index (χ0v) is 18.5. The van der Waals surface area contributed by atoms with Gasteiger partial charge in [-0.1, -0.05) is 135 Å². The molecule has 1 unspecified atom stereocenters. The first-order chi connectivity index (χ1) is 13.3. The number of carbonyl (C=O) groups excluding carboxylic acids is 1. The summed E-state index contributed by atoms with van der Waals surface area (Å²) in [4.78, 5) is 10.1. The standard InChI is InChI=1S/C25H49O2/c1-2-3-4-5-6-7-8-9-10-11-12-13-14-15-16-17-18-19-20-21-22-25(27)23-24-26/h25,27H,2-23H2,1H3. The lowest BCUT2D eigenvalue weighted by atomic mass is 10.0. The van der Waals surface area contributed by atoms with Gasteiger partial charge in [0.05, 0.1) is 6.10 Å². The van der Waals surface area contributed by atoms with Crippen molar-refractivity contribution in [1.29, 1.82) is 0 Å². The average molecular weight is 382 g/mol. The highest BCUT2D eigenvalue weighted by molar-refractivity contribution is 5.51. The topological polar surface area (TPSA) is 37.3 Å². The highest BCUT2D eigenvalue weighted by Gasteiger charge is 2.02. The molecule has 0 saturated carbocycles. The molecule has 0 heterocycles. The van der Waals surface area contributed by atoms with Crippen molar-refractivity contribution in [3.05, 3.63) is 0 Å². The molecule has 0 rings (SSSR count). The Kier molecular flexibility index (Phi) is 23.3. The van der Waals surface area contributed by atoms with Gasteiger partial charge in [0.1, 0.15) is 0 Å². The second kappa shape index (κ2) is 23.7. The van der Waals surface area contributed by atoms with Gasteiger partial charge >= 0.3 is 0 Å². The van der Waals surface area contributed by atoms with Crippen molar-refractivity contribution in [2.45, 2.75) is 154 Å². The smallest absolute Gasteiger partial charge is 0.201 e. The molecule has 0 fully saturated rings. The molecular formula is C25H49O2. The Morgan fingerprint density at radius 2 is 0.852 bits per heavy atom. The summed E-state index contributed by atoms with van der Waals surface area (Å²) in [7, 11) is 0. The quantitative estimate of drug-likeness (QED) is 0.182. The molecule has 0 aliphatic heterocycles. The molecule has 0 aliphatic rings. The van der Waals surface area contributed by atoms with Gasteiger partial charge < -0.3 is 5.11 Å². The van der Waals surface area contributed by atoms with Gasteiger partial charge in [-0.25, -0.2) is 0 Å².